The molecule has 3 heterocycles. The topological polar surface area (TPSA) is 104 Å². The highest BCUT2D eigenvalue weighted by molar-refractivity contribution is 5.65. The van der Waals surface area contributed by atoms with Crippen LogP contribution in [0.25, 0.3) is 22.6 Å². The van der Waals surface area contributed by atoms with Crippen molar-refractivity contribution in [1.29, 1.82) is 0 Å². The first-order chi connectivity index (χ1) is 17.9. The van der Waals surface area contributed by atoms with Gasteiger partial charge in [0, 0.05) is 55.6 Å². The lowest BCUT2D eigenvalue weighted by molar-refractivity contribution is 0.142. The fourth-order valence-corrected chi connectivity index (χ4v) is 4.19. The zero-order valence-electron chi connectivity index (χ0n) is 19.6. The quantitative estimate of drug-likeness (QED) is 0.444. The van der Waals surface area contributed by atoms with E-state index < -0.39 is 17.7 Å². The molecule has 1 fully saturated rings. The van der Waals surface area contributed by atoms with Crippen molar-refractivity contribution in [3.63, 3.8) is 0 Å². The summed E-state index contributed by atoms with van der Waals surface area (Å²) in [7, 11) is 0. The van der Waals surface area contributed by atoms with E-state index in [1.165, 1.54) is 21.7 Å². The Bertz CT molecular complexity index is 1500. The van der Waals surface area contributed by atoms with E-state index in [0.29, 0.717) is 37.8 Å². The van der Waals surface area contributed by atoms with Crippen LogP contribution in [-0.4, -0.2) is 62.0 Å². The minimum atomic E-state index is -0.929. The van der Waals surface area contributed by atoms with E-state index in [1.54, 1.807) is 12.3 Å². The molecule has 188 valence electrons. The first-order valence-corrected chi connectivity index (χ1v) is 11.6. The molecule has 2 aromatic heterocycles. The van der Waals surface area contributed by atoms with Crippen molar-refractivity contribution < 1.29 is 18.7 Å². The summed E-state index contributed by atoms with van der Waals surface area (Å²) in [4.78, 5) is 36.1. The van der Waals surface area contributed by atoms with Crippen LogP contribution in [0, 0.1) is 11.6 Å². The van der Waals surface area contributed by atoms with Crippen LogP contribution in [0.2, 0.25) is 0 Å². The van der Waals surface area contributed by atoms with E-state index in [9.17, 15) is 18.4 Å². The number of nitrogens with zero attached hydrogens (tertiary/aromatic N) is 6. The highest BCUT2D eigenvalue weighted by Gasteiger charge is 2.21. The van der Waals surface area contributed by atoms with Crippen LogP contribution in [0.3, 0.4) is 0 Å². The number of carbonyl (C=O) groups is 1. The molecule has 0 unspecified atom stereocenters. The number of carboxylic acid groups (broad SMARTS) is 1. The molecule has 1 N–H and O–H groups in total. The molecule has 4 aromatic rings. The number of aromatic nitrogens is 4. The van der Waals surface area contributed by atoms with Gasteiger partial charge in [0.1, 0.15) is 17.5 Å². The third kappa shape index (κ3) is 5.45. The van der Waals surface area contributed by atoms with Crippen LogP contribution in [0.4, 0.5) is 19.4 Å². The van der Waals surface area contributed by atoms with Crippen molar-refractivity contribution in [2.75, 3.05) is 31.1 Å². The van der Waals surface area contributed by atoms with Gasteiger partial charge in [-0.15, -0.1) is 0 Å². The predicted molar refractivity (Wildman–Crippen MR) is 132 cm³/mol. The standard InChI is InChI=1S/C26H22F2N6O3/c27-20-13-19(14-21(28)15-20)22-4-5-24(35)34(31-22)16-17-2-1-3-18(12-17)25-29-7-6-23(30-25)32-8-10-33(11-9-32)26(36)37/h1-7,12-15H,8-11,16H2,(H,36,37). The molecule has 1 saturated heterocycles. The number of hydrogen-bond donors (Lipinski definition) is 1. The van der Waals surface area contributed by atoms with Crippen LogP contribution in [0.1, 0.15) is 5.56 Å². The zero-order valence-corrected chi connectivity index (χ0v) is 19.6. The van der Waals surface area contributed by atoms with Crippen LogP contribution >= 0.6 is 0 Å². The Kier molecular flexibility index (Phi) is 6.59. The van der Waals surface area contributed by atoms with Crippen molar-refractivity contribution in [2.24, 2.45) is 0 Å². The molecule has 1 amide bonds. The molecular weight excluding hydrogens is 482 g/mol. The van der Waals surface area contributed by atoms with Crippen LogP contribution in [0.5, 0.6) is 0 Å². The molecule has 9 nitrogen and oxygen atoms in total. The summed E-state index contributed by atoms with van der Waals surface area (Å²) in [5, 5.41) is 13.5. The highest BCUT2D eigenvalue weighted by atomic mass is 19.1. The summed E-state index contributed by atoms with van der Waals surface area (Å²) in [5.41, 5.74) is 1.64. The van der Waals surface area contributed by atoms with Crippen LogP contribution in [-0.2, 0) is 6.54 Å². The Hall–Kier alpha value is -4.67. The van der Waals surface area contributed by atoms with E-state index in [2.05, 4.69) is 15.1 Å². The van der Waals surface area contributed by atoms with Crippen molar-refractivity contribution in [3.05, 3.63) is 94.4 Å². The molecule has 0 saturated carbocycles. The van der Waals surface area contributed by atoms with Crippen LogP contribution in [0.15, 0.2) is 71.7 Å². The van der Waals surface area contributed by atoms with Gasteiger partial charge in [0.15, 0.2) is 5.82 Å². The maximum atomic E-state index is 13.7. The molecule has 2 aromatic carbocycles. The molecule has 0 spiro atoms. The molecule has 0 aliphatic carbocycles. The summed E-state index contributed by atoms with van der Waals surface area (Å²) in [5.74, 6) is -0.265. The van der Waals surface area contributed by atoms with Gasteiger partial charge in [-0.25, -0.2) is 28.2 Å². The van der Waals surface area contributed by atoms with Gasteiger partial charge in [-0.2, -0.15) is 5.10 Å². The van der Waals surface area contributed by atoms with Crippen molar-refractivity contribution >= 4 is 11.9 Å². The molecule has 1 aliphatic rings. The van der Waals surface area contributed by atoms with Gasteiger partial charge < -0.3 is 14.9 Å². The molecular formula is C26H22F2N6O3. The second-order valence-corrected chi connectivity index (χ2v) is 8.57. The Morgan fingerprint density at radius 1 is 0.919 bits per heavy atom. The average molecular weight is 504 g/mol. The molecule has 0 bridgehead atoms. The number of halogens is 2. The lowest BCUT2D eigenvalue weighted by atomic mass is 10.1. The SMILES string of the molecule is O=C(O)N1CCN(c2ccnc(-c3cccc(Cn4nc(-c5cc(F)cc(F)c5)ccc4=O)c3)n2)CC1. The molecule has 0 atom stereocenters. The van der Waals surface area contributed by atoms with Gasteiger partial charge in [-0.1, -0.05) is 18.2 Å². The average Bonchev–Trinajstić information content (AvgIpc) is 2.90. The molecule has 37 heavy (non-hydrogen) atoms. The van der Waals surface area contributed by atoms with Crippen molar-refractivity contribution in [3.8, 4) is 22.6 Å². The Balaban J connectivity index is 1.37. The first-order valence-electron chi connectivity index (χ1n) is 11.6. The summed E-state index contributed by atoms with van der Waals surface area (Å²) in [6, 6.07) is 15.0. The number of amides is 1. The second-order valence-electron chi connectivity index (χ2n) is 8.57. The van der Waals surface area contributed by atoms with Gasteiger partial charge in [0.25, 0.3) is 5.56 Å². The zero-order chi connectivity index (χ0) is 25.9. The van der Waals surface area contributed by atoms with E-state index >= 15 is 0 Å². The maximum absolute atomic E-state index is 13.7. The number of piperazine rings is 1. The minimum Gasteiger partial charge on any atom is -0.465 e. The third-order valence-corrected chi connectivity index (χ3v) is 6.06. The molecule has 11 heteroatoms. The summed E-state index contributed by atoms with van der Waals surface area (Å²) in [6.07, 6.45) is 0.726. The lowest BCUT2D eigenvalue weighted by Gasteiger charge is -2.33. The molecule has 0 radical (unpaired) electrons. The first kappa shape index (κ1) is 24.0. The van der Waals surface area contributed by atoms with Gasteiger partial charge in [0.05, 0.1) is 12.2 Å². The highest BCUT2D eigenvalue weighted by Crippen LogP contribution is 2.22. The summed E-state index contributed by atoms with van der Waals surface area (Å²) < 4.78 is 28.6. The fraction of sp³-hybridized carbons (Fsp3) is 0.192. The van der Waals surface area contributed by atoms with E-state index in [4.69, 9.17) is 5.11 Å². The van der Waals surface area contributed by atoms with Gasteiger partial charge in [-0.3, -0.25) is 4.79 Å². The predicted octanol–water partition coefficient (Wildman–Crippen LogP) is 3.49. The van der Waals surface area contributed by atoms with Crippen molar-refractivity contribution in [1.82, 2.24) is 24.6 Å². The maximum Gasteiger partial charge on any atom is 0.407 e. The smallest absolute Gasteiger partial charge is 0.407 e. The fourth-order valence-electron chi connectivity index (χ4n) is 4.19. The third-order valence-electron chi connectivity index (χ3n) is 6.06. The minimum absolute atomic E-state index is 0.134. The number of benzene rings is 2. The Labute approximate surface area is 210 Å². The van der Waals surface area contributed by atoms with E-state index in [0.717, 1.165) is 29.3 Å². The molecule has 1 aliphatic heterocycles. The van der Waals surface area contributed by atoms with Crippen molar-refractivity contribution in [2.45, 2.75) is 6.54 Å². The van der Waals surface area contributed by atoms with Gasteiger partial charge in [-0.05, 0) is 35.9 Å². The van der Waals surface area contributed by atoms with Gasteiger partial charge >= 0.3 is 6.09 Å². The molecule has 5 rings (SSSR count). The van der Waals surface area contributed by atoms with E-state index in [1.807, 2.05) is 29.2 Å². The van der Waals surface area contributed by atoms with E-state index in [-0.39, 0.29) is 23.4 Å². The number of anilines is 1. The Morgan fingerprint density at radius 2 is 1.68 bits per heavy atom. The lowest BCUT2D eigenvalue weighted by Crippen LogP contribution is -2.48. The largest absolute Gasteiger partial charge is 0.465 e. The Morgan fingerprint density at radius 3 is 2.41 bits per heavy atom. The summed E-state index contributed by atoms with van der Waals surface area (Å²) in [6.45, 7) is 1.99. The number of rotatable bonds is 5. The summed E-state index contributed by atoms with van der Waals surface area (Å²) >= 11 is 0. The van der Waals surface area contributed by atoms with Crippen LogP contribution < -0.4 is 10.5 Å². The number of hydrogen-bond acceptors (Lipinski definition) is 6. The second kappa shape index (κ2) is 10.1. The normalized spacial score (nSPS) is 13.6. The monoisotopic (exact) mass is 504 g/mol. The van der Waals surface area contributed by atoms with Gasteiger partial charge in [0.2, 0.25) is 0 Å².